The van der Waals surface area contributed by atoms with Crippen molar-refractivity contribution in [2.75, 3.05) is 13.2 Å². The van der Waals surface area contributed by atoms with Gasteiger partial charge < -0.3 is 29.6 Å². The highest BCUT2D eigenvalue weighted by molar-refractivity contribution is 7.44. The van der Waals surface area contributed by atoms with Gasteiger partial charge in [-0.25, -0.2) is 0 Å². The highest BCUT2D eigenvalue weighted by Crippen LogP contribution is 2.30. The van der Waals surface area contributed by atoms with Gasteiger partial charge in [-0.3, -0.25) is 9.36 Å². The maximum atomic E-state index is 10.6. The molecule has 0 saturated carbocycles. The smallest absolute Gasteiger partial charge is 0.265 e. The molecule has 0 heterocycles. The van der Waals surface area contributed by atoms with Gasteiger partial charge in [-0.2, -0.15) is 0 Å². The molecule has 0 saturated heterocycles. The number of carbonyl (C=O) groups is 1. The van der Waals surface area contributed by atoms with Crippen molar-refractivity contribution in [1.29, 1.82) is 0 Å². The lowest BCUT2D eigenvalue weighted by molar-refractivity contribution is -0.222. The van der Waals surface area contributed by atoms with E-state index in [4.69, 9.17) is 20.2 Å². The van der Waals surface area contributed by atoms with Crippen LogP contribution < -0.4 is 4.89 Å². The summed E-state index contributed by atoms with van der Waals surface area (Å²) in [6.07, 6.45) is -3.78. The first-order chi connectivity index (χ1) is 6.28. The van der Waals surface area contributed by atoms with E-state index in [-0.39, 0.29) is 0 Å². The topological polar surface area (TPSA) is 147 Å². The van der Waals surface area contributed by atoms with Crippen LogP contribution in [0.25, 0.3) is 0 Å². The Morgan fingerprint density at radius 2 is 2.00 bits per heavy atom. The number of carbonyl (C=O) groups excluding carboxylic acids is 1. The summed E-state index contributed by atoms with van der Waals surface area (Å²) in [5, 5.41) is 26.0. The number of aliphatic hydroxyl groups is 3. The van der Waals surface area contributed by atoms with Gasteiger partial charge >= 0.3 is 0 Å². The Balaban J connectivity index is 4.02. The molecule has 14 heavy (non-hydrogen) atoms. The molecule has 3 atom stereocenters. The zero-order valence-electron chi connectivity index (χ0n) is 6.94. The molecule has 0 aromatic carbocycles. The van der Waals surface area contributed by atoms with Crippen molar-refractivity contribution in [1.82, 2.24) is 0 Å². The summed E-state index contributed by atoms with van der Waals surface area (Å²) in [4.78, 5) is 28.7. The Kier molecular flexibility index (Phi) is 5.38. The molecule has 1 unspecified atom stereocenters. The van der Waals surface area contributed by atoms with E-state index >= 15 is 0 Å². The summed E-state index contributed by atoms with van der Waals surface area (Å²) in [7, 11) is -4.99. The first-order valence-electron chi connectivity index (χ1n) is 3.46. The molecule has 0 aromatic rings. The van der Waals surface area contributed by atoms with Gasteiger partial charge in [0, 0.05) is 0 Å². The molecule has 0 aromatic heterocycles. The van der Waals surface area contributed by atoms with Crippen molar-refractivity contribution in [2.24, 2.45) is 0 Å². The van der Waals surface area contributed by atoms with Crippen LogP contribution in [0.3, 0.4) is 0 Å². The Hall–Kier alpha value is -0.340. The van der Waals surface area contributed by atoms with Crippen molar-refractivity contribution in [3.8, 4) is 0 Å². The molecule has 0 amide bonds. The second-order valence-corrected chi connectivity index (χ2v) is 3.60. The van der Waals surface area contributed by atoms with Crippen LogP contribution in [0, 0.1) is 0 Å². The van der Waals surface area contributed by atoms with Crippen LogP contribution in [0.15, 0.2) is 0 Å². The van der Waals surface area contributed by atoms with Crippen molar-refractivity contribution in [2.45, 2.75) is 12.2 Å². The van der Waals surface area contributed by atoms with Gasteiger partial charge in [0.15, 0.2) is 5.78 Å². The zero-order valence-corrected chi connectivity index (χ0v) is 7.83. The third-order valence-electron chi connectivity index (χ3n) is 1.26. The lowest BCUT2D eigenvalue weighted by atomic mass is 10.1. The van der Waals surface area contributed by atoms with E-state index in [1.54, 1.807) is 0 Å². The maximum absolute atomic E-state index is 10.6. The van der Waals surface area contributed by atoms with Crippen LogP contribution in [-0.2, 0) is 13.9 Å². The predicted octanol–water partition coefficient (Wildman–Crippen LogP) is -3.25. The fourth-order valence-corrected chi connectivity index (χ4v) is 0.911. The summed E-state index contributed by atoms with van der Waals surface area (Å²) >= 11 is 0. The monoisotopic (exact) mass is 229 g/mol. The normalized spacial score (nSPS) is 19.8. The van der Waals surface area contributed by atoms with E-state index in [9.17, 15) is 14.3 Å². The van der Waals surface area contributed by atoms with Crippen LogP contribution in [0.5, 0.6) is 0 Å². The van der Waals surface area contributed by atoms with Gasteiger partial charge in [-0.05, 0) is 0 Å². The molecule has 0 aliphatic rings. The Morgan fingerprint density at radius 3 is 2.36 bits per heavy atom. The summed E-state index contributed by atoms with van der Waals surface area (Å²) in [6, 6.07) is 0. The number of Topliss-reactive ketones (excluding diaryl/α,β-unsaturated/α-hetero) is 1. The average molecular weight is 229 g/mol. The minimum atomic E-state index is -4.99. The third-order valence-corrected chi connectivity index (χ3v) is 1.73. The Bertz CT molecular complexity index is 234. The molecule has 0 bridgehead atoms. The van der Waals surface area contributed by atoms with Crippen LogP contribution in [0.4, 0.5) is 0 Å². The molecule has 84 valence electrons. The Labute approximate surface area is 79.0 Å². The quantitative estimate of drug-likeness (QED) is 0.347. The number of rotatable bonds is 6. The zero-order chi connectivity index (χ0) is 11.4. The van der Waals surface area contributed by atoms with Crippen LogP contribution in [0.2, 0.25) is 0 Å². The number of ketones is 1. The van der Waals surface area contributed by atoms with Crippen molar-refractivity contribution in [3.63, 3.8) is 0 Å². The lowest BCUT2D eigenvalue weighted by Gasteiger charge is -2.20. The highest BCUT2D eigenvalue weighted by atomic mass is 31.2. The first kappa shape index (κ1) is 13.7. The van der Waals surface area contributed by atoms with E-state index in [2.05, 4.69) is 4.52 Å². The first-order valence-corrected chi connectivity index (χ1v) is 4.95. The molecular formula is C5H10O8P-. The van der Waals surface area contributed by atoms with Crippen LogP contribution >= 0.6 is 7.82 Å². The summed E-state index contributed by atoms with van der Waals surface area (Å²) in [5.74, 6) is -1.08. The predicted molar refractivity (Wildman–Crippen MR) is 39.9 cm³/mol. The molecule has 0 spiro atoms. The van der Waals surface area contributed by atoms with Gasteiger partial charge in [0.2, 0.25) is 0 Å². The van der Waals surface area contributed by atoms with E-state index in [1.165, 1.54) is 0 Å². The molecule has 0 radical (unpaired) electrons. The maximum Gasteiger partial charge on any atom is 0.265 e. The van der Waals surface area contributed by atoms with Crippen molar-refractivity contribution >= 4 is 13.6 Å². The fourth-order valence-electron chi connectivity index (χ4n) is 0.570. The molecule has 0 aliphatic carbocycles. The lowest BCUT2D eigenvalue weighted by Crippen LogP contribution is -2.38. The van der Waals surface area contributed by atoms with E-state index in [0.717, 1.165) is 0 Å². The SMILES string of the molecule is O=C(CO)[C@H](O)[C@H](O)COP(=O)([O-])O. The molecule has 0 fully saturated rings. The minimum absolute atomic E-state index is 0.968. The largest absolute Gasteiger partial charge is 0.756 e. The molecule has 8 nitrogen and oxygen atoms in total. The van der Waals surface area contributed by atoms with Gasteiger partial charge in [-0.15, -0.1) is 0 Å². The van der Waals surface area contributed by atoms with E-state index in [0.29, 0.717) is 0 Å². The minimum Gasteiger partial charge on any atom is -0.756 e. The van der Waals surface area contributed by atoms with Crippen molar-refractivity contribution < 1.29 is 39.0 Å². The van der Waals surface area contributed by atoms with E-state index < -0.39 is 39.0 Å². The second kappa shape index (κ2) is 5.52. The number of hydrogen-bond donors (Lipinski definition) is 4. The fraction of sp³-hybridized carbons (Fsp3) is 0.800. The summed E-state index contributed by atoms with van der Waals surface area (Å²) in [5.41, 5.74) is 0. The Morgan fingerprint density at radius 1 is 1.50 bits per heavy atom. The third kappa shape index (κ3) is 5.40. The number of hydrogen-bond acceptors (Lipinski definition) is 7. The number of phosphoric acid groups is 1. The molecular weight excluding hydrogens is 219 g/mol. The van der Waals surface area contributed by atoms with Gasteiger partial charge in [-0.1, -0.05) is 0 Å². The number of phosphoric ester groups is 1. The van der Waals surface area contributed by atoms with Crippen LogP contribution in [-0.4, -0.2) is 51.4 Å². The molecule has 9 heteroatoms. The number of aliphatic hydroxyl groups excluding tert-OH is 3. The summed E-state index contributed by atoms with van der Waals surface area (Å²) < 4.78 is 13.8. The molecule has 4 N–H and O–H groups in total. The average Bonchev–Trinajstić information content (AvgIpc) is 2.10. The van der Waals surface area contributed by atoms with Gasteiger partial charge in [0.25, 0.3) is 7.82 Å². The highest BCUT2D eigenvalue weighted by Gasteiger charge is 2.24. The molecule has 0 aliphatic heterocycles. The second-order valence-electron chi connectivity index (χ2n) is 2.40. The molecule has 0 rings (SSSR count). The van der Waals surface area contributed by atoms with E-state index in [1.807, 2.05) is 0 Å². The summed E-state index contributed by atoms with van der Waals surface area (Å²) in [6.45, 7) is -1.96. The van der Waals surface area contributed by atoms with Crippen molar-refractivity contribution in [3.05, 3.63) is 0 Å². The van der Waals surface area contributed by atoms with Gasteiger partial charge in [0.1, 0.15) is 18.8 Å². The van der Waals surface area contributed by atoms with Gasteiger partial charge in [0.05, 0.1) is 6.61 Å². The standard InChI is InChI=1S/C5H11O8P/c6-1-3(7)5(9)4(8)2-13-14(10,11)12/h4-6,8-9H,1-2H2,(H2,10,11,12)/p-1/t4-,5+/m1/s1. The van der Waals surface area contributed by atoms with Crippen LogP contribution in [0.1, 0.15) is 0 Å².